The van der Waals surface area contributed by atoms with Gasteiger partial charge in [-0.15, -0.1) is 0 Å². The van der Waals surface area contributed by atoms with Gasteiger partial charge in [-0.05, 0) is 9.67 Å². The predicted octanol–water partition coefficient (Wildman–Crippen LogP) is -1.28. The van der Waals surface area contributed by atoms with Crippen molar-refractivity contribution in [3.8, 4) is 0 Å². The molecule has 5 heteroatoms. The maximum absolute atomic E-state index is 7.29. The standard InChI is InChI=1S/BrN3.Na.H/c1-3-4-2;;/q;+1;-1. The van der Waals surface area contributed by atoms with E-state index in [4.69, 9.17) is 5.53 Å². The SMILES string of the molecule is [H-].[N-]=[N+]=NBr.[Na+]. The van der Waals surface area contributed by atoms with Gasteiger partial charge in [0.15, 0.2) is 0 Å². The third kappa shape index (κ3) is 11.6. The van der Waals surface area contributed by atoms with Gasteiger partial charge in [-0.3, -0.25) is 0 Å². The Bertz CT molecular complexity index is 48.8. The smallest absolute Gasteiger partial charge is 1.00 e. The van der Waals surface area contributed by atoms with Gasteiger partial charge in [0.05, 0.1) is 0 Å². The molecular formula is HBrN3Na. The minimum Gasteiger partial charge on any atom is -1.00 e. The number of halogens is 1. The first-order chi connectivity index (χ1) is 1.91. The maximum atomic E-state index is 7.29. The molecule has 0 fully saturated rings. The summed E-state index contributed by atoms with van der Waals surface area (Å²) in [5, 5.41) is 0. The van der Waals surface area contributed by atoms with Gasteiger partial charge in [-0.25, -0.2) is 0 Å². The van der Waals surface area contributed by atoms with E-state index in [-0.39, 0.29) is 31.0 Å². The van der Waals surface area contributed by atoms with Crippen molar-refractivity contribution >= 4 is 16.1 Å². The van der Waals surface area contributed by atoms with Gasteiger partial charge >= 0.3 is 29.6 Å². The molecule has 0 aliphatic carbocycles. The third-order valence-corrected chi connectivity index (χ3v) is 0.176. The van der Waals surface area contributed by atoms with Gasteiger partial charge < -0.3 is 1.43 Å². The van der Waals surface area contributed by atoms with E-state index >= 15 is 0 Å². The second-order valence-electron chi connectivity index (χ2n) is 0.165. The number of nitrogens with zero attached hydrogens (tertiary/aromatic N) is 3. The van der Waals surface area contributed by atoms with Gasteiger partial charge in [0.2, 0.25) is 0 Å². The summed E-state index contributed by atoms with van der Waals surface area (Å²) in [5.74, 6) is 0. The molecule has 0 aromatic rings. The fourth-order valence-corrected chi connectivity index (χ4v) is 0. The number of azide groups is 1. The molecule has 0 saturated carbocycles. The maximum Gasteiger partial charge on any atom is 1.00 e. The van der Waals surface area contributed by atoms with E-state index in [0.29, 0.717) is 0 Å². The molecule has 0 bridgehead atoms. The van der Waals surface area contributed by atoms with Gasteiger partial charge in [0, 0.05) is 21.1 Å². The van der Waals surface area contributed by atoms with Crippen molar-refractivity contribution in [2.24, 2.45) is 4.14 Å². The summed E-state index contributed by atoms with van der Waals surface area (Å²) in [7, 11) is 0. The Morgan fingerprint density at radius 1 is 2.00 bits per heavy atom. The van der Waals surface area contributed by atoms with Crippen molar-refractivity contribution in [3.05, 3.63) is 10.4 Å². The fraction of sp³-hybridized carbons (Fsp3) is 0. The molecule has 24 valence electrons. The minimum absolute atomic E-state index is 0. The van der Waals surface area contributed by atoms with Crippen LogP contribution in [0.25, 0.3) is 10.4 Å². The van der Waals surface area contributed by atoms with Crippen molar-refractivity contribution in [2.45, 2.75) is 0 Å². The van der Waals surface area contributed by atoms with Crippen molar-refractivity contribution < 1.29 is 31.0 Å². The molecule has 0 atom stereocenters. The minimum atomic E-state index is 0. The first kappa shape index (κ1) is 9.25. The summed E-state index contributed by atoms with van der Waals surface area (Å²) in [6.07, 6.45) is 0. The molecule has 0 saturated heterocycles. The Morgan fingerprint density at radius 3 is 2.20 bits per heavy atom. The molecule has 0 radical (unpaired) electrons. The zero-order valence-corrected chi connectivity index (χ0v) is 6.31. The van der Waals surface area contributed by atoms with Crippen LogP contribution in [0.3, 0.4) is 0 Å². The second-order valence-corrected chi connectivity index (χ2v) is 0.482. The van der Waals surface area contributed by atoms with Gasteiger partial charge in [0.1, 0.15) is 0 Å². The van der Waals surface area contributed by atoms with Crippen LogP contribution in [0, 0.1) is 0 Å². The van der Waals surface area contributed by atoms with Crippen molar-refractivity contribution in [2.75, 3.05) is 0 Å². The van der Waals surface area contributed by atoms with Crippen LogP contribution in [0.5, 0.6) is 0 Å². The summed E-state index contributed by atoms with van der Waals surface area (Å²) in [5.41, 5.74) is 7.29. The molecule has 0 aromatic carbocycles. The fourth-order valence-electron chi connectivity index (χ4n) is 0. The van der Waals surface area contributed by atoms with E-state index in [1.165, 1.54) is 0 Å². The molecular weight excluding hydrogens is 145 g/mol. The molecule has 0 aromatic heterocycles. The average Bonchev–Trinajstić information content (AvgIpc) is 1.37. The topological polar surface area (TPSA) is 48.8 Å². The first-order valence-electron chi connectivity index (χ1n) is 0.569. The van der Waals surface area contributed by atoms with E-state index in [9.17, 15) is 0 Å². The van der Waals surface area contributed by atoms with Crippen LogP contribution in [-0.4, -0.2) is 0 Å². The van der Waals surface area contributed by atoms with E-state index in [2.05, 4.69) is 25.2 Å². The second kappa shape index (κ2) is 8.84. The summed E-state index contributed by atoms with van der Waals surface area (Å²) in [6, 6.07) is 0. The zero-order chi connectivity index (χ0) is 3.41. The Morgan fingerprint density at radius 2 is 2.20 bits per heavy atom. The van der Waals surface area contributed by atoms with Crippen molar-refractivity contribution in [1.82, 2.24) is 0 Å². The molecule has 0 aliphatic heterocycles. The molecule has 0 N–H and O–H groups in total. The molecule has 0 rings (SSSR count). The Hall–Kier alpha value is 0.790. The Balaban J connectivity index is -0.0000000450. The Kier molecular flexibility index (Phi) is 16.3. The van der Waals surface area contributed by atoms with Crippen molar-refractivity contribution in [3.63, 3.8) is 0 Å². The van der Waals surface area contributed by atoms with Crippen molar-refractivity contribution in [1.29, 1.82) is 0 Å². The average molecular weight is 146 g/mol. The summed E-state index contributed by atoms with van der Waals surface area (Å²) in [6.45, 7) is 0. The molecule has 5 heavy (non-hydrogen) atoms. The van der Waals surface area contributed by atoms with Crippen LogP contribution in [0.2, 0.25) is 0 Å². The summed E-state index contributed by atoms with van der Waals surface area (Å²) in [4.78, 5) is 2.28. The summed E-state index contributed by atoms with van der Waals surface area (Å²) >= 11 is 2.46. The summed E-state index contributed by atoms with van der Waals surface area (Å²) < 4.78 is 2.73. The van der Waals surface area contributed by atoms with Crippen LogP contribution in [-0.2, 0) is 0 Å². The normalized spacial score (nSPS) is 3.40. The third-order valence-electron chi connectivity index (χ3n) is 0.0338. The van der Waals surface area contributed by atoms with Gasteiger partial charge in [-0.1, -0.05) is 0 Å². The van der Waals surface area contributed by atoms with Crippen LogP contribution in [0.15, 0.2) is 4.14 Å². The molecule has 0 aliphatic rings. The first-order valence-corrected chi connectivity index (χ1v) is 1.28. The zero-order valence-electron chi connectivity index (χ0n) is 3.72. The van der Waals surface area contributed by atoms with E-state index < -0.39 is 0 Å². The molecule has 0 spiro atoms. The molecule has 0 unspecified atom stereocenters. The van der Waals surface area contributed by atoms with Crippen LogP contribution in [0.1, 0.15) is 1.43 Å². The van der Waals surface area contributed by atoms with E-state index in [1.54, 1.807) is 0 Å². The number of hydrogen-bond donors (Lipinski definition) is 0. The Labute approximate surface area is 61.5 Å². The van der Waals surface area contributed by atoms with Crippen LogP contribution >= 0.6 is 16.1 Å². The van der Waals surface area contributed by atoms with E-state index in [0.717, 1.165) is 0 Å². The van der Waals surface area contributed by atoms with Crippen LogP contribution in [0.4, 0.5) is 0 Å². The van der Waals surface area contributed by atoms with Gasteiger partial charge in [0.25, 0.3) is 0 Å². The molecule has 3 nitrogen and oxygen atoms in total. The largest absolute Gasteiger partial charge is 1.00 e. The van der Waals surface area contributed by atoms with E-state index in [1.807, 2.05) is 0 Å². The number of rotatable bonds is 0. The molecule has 0 heterocycles. The van der Waals surface area contributed by atoms with Crippen LogP contribution < -0.4 is 29.6 Å². The number of hydrogen-bond acceptors (Lipinski definition) is 1. The predicted molar refractivity (Wildman–Crippen MR) is 19.2 cm³/mol. The molecule has 0 amide bonds. The van der Waals surface area contributed by atoms with Gasteiger partial charge in [-0.2, -0.15) is 0 Å². The monoisotopic (exact) mass is 145 g/mol. The quantitative estimate of drug-likeness (QED) is 0.177.